The first kappa shape index (κ1) is 16.9. The zero-order chi connectivity index (χ0) is 17.7. The largest absolute Gasteiger partial charge is 0.495 e. The fourth-order valence-corrected chi connectivity index (χ4v) is 2.01. The summed E-state index contributed by atoms with van der Waals surface area (Å²) in [6, 6.07) is 10.2. The van der Waals surface area contributed by atoms with E-state index in [9.17, 15) is 19.7 Å². The number of nitro benzene ring substituents is 1. The van der Waals surface area contributed by atoms with Crippen molar-refractivity contribution in [1.29, 1.82) is 0 Å². The Morgan fingerprint density at radius 1 is 1.08 bits per heavy atom. The number of amides is 2. The molecule has 2 N–H and O–H groups in total. The number of nitrogens with zero attached hydrogens (tertiary/aromatic N) is 1. The maximum Gasteiger partial charge on any atom is 0.271 e. The number of nitrogens with one attached hydrogen (secondary N) is 2. The molecule has 0 unspecified atom stereocenters. The number of benzene rings is 2. The molecule has 2 amide bonds. The Kier molecular flexibility index (Phi) is 5.10. The van der Waals surface area contributed by atoms with Crippen LogP contribution < -0.4 is 15.4 Å². The summed E-state index contributed by atoms with van der Waals surface area (Å²) in [5, 5.41) is 16.0. The number of rotatable bonds is 5. The average molecular weight is 329 g/mol. The van der Waals surface area contributed by atoms with Crippen molar-refractivity contribution < 1.29 is 19.2 Å². The Morgan fingerprint density at radius 3 is 2.29 bits per heavy atom. The maximum absolute atomic E-state index is 12.3. The van der Waals surface area contributed by atoms with Gasteiger partial charge in [0, 0.05) is 30.3 Å². The summed E-state index contributed by atoms with van der Waals surface area (Å²) in [6.45, 7) is 1.38. The van der Waals surface area contributed by atoms with Crippen molar-refractivity contribution in [1.82, 2.24) is 0 Å². The molecule has 0 aromatic heterocycles. The van der Waals surface area contributed by atoms with E-state index in [2.05, 4.69) is 10.6 Å². The van der Waals surface area contributed by atoms with Gasteiger partial charge in [0.05, 0.1) is 17.7 Å². The molecular formula is C16H15N3O5. The fraction of sp³-hybridized carbons (Fsp3) is 0.125. The summed E-state index contributed by atoms with van der Waals surface area (Å²) in [7, 11) is 1.40. The lowest BCUT2D eigenvalue weighted by Gasteiger charge is -2.10. The molecule has 2 aromatic rings. The van der Waals surface area contributed by atoms with Crippen LogP contribution in [0.1, 0.15) is 17.3 Å². The van der Waals surface area contributed by atoms with Crippen LogP contribution in [-0.2, 0) is 4.79 Å². The standard InChI is InChI=1S/C16H15N3O5/c1-10(20)17-12-5-3-11(4-6-12)16(21)18-14-9-13(19(22)23)7-8-15(14)24-2/h3-9H,1-2H3,(H,17,20)(H,18,21). The molecule has 0 heterocycles. The zero-order valence-electron chi connectivity index (χ0n) is 13.0. The molecular weight excluding hydrogens is 314 g/mol. The van der Waals surface area contributed by atoms with Crippen molar-refractivity contribution in [2.45, 2.75) is 6.92 Å². The van der Waals surface area contributed by atoms with Gasteiger partial charge in [-0.15, -0.1) is 0 Å². The van der Waals surface area contributed by atoms with Crippen LogP contribution in [0, 0.1) is 10.1 Å². The van der Waals surface area contributed by atoms with Crippen molar-refractivity contribution in [3.63, 3.8) is 0 Å². The highest BCUT2D eigenvalue weighted by Gasteiger charge is 2.14. The van der Waals surface area contributed by atoms with Gasteiger partial charge in [-0.25, -0.2) is 0 Å². The highest BCUT2D eigenvalue weighted by molar-refractivity contribution is 6.05. The summed E-state index contributed by atoms with van der Waals surface area (Å²) in [4.78, 5) is 33.5. The van der Waals surface area contributed by atoms with E-state index in [1.807, 2.05) is 0 Å². The van der Waals surface area contributed by atoms with Crippen LogP contribution in [0.25, 0.3) is 0 Å². The zero-order valence-corrected chi connectivity index (χ0v) is 13.0. The number of ether oxygens (including phenoxy) is 1. The molecule has 0 atom stereocenters. The third-order valence-electron chi connectivity index (χ3n) is 3.11. The Labute approximate surface area is 137 Å². The first-order valence-corrected chi connectivity index (χ1v) is 6.92. The number of non-ortho nitro benzene ring substituents is 1. The molecule has 0 aliphatic heterocycles. The quantitative estimate of drug-likeness (QED) is 0.647. The summed E-state index contributed by atoms with van der Waals surface area (Å²) in [6.07, 6.45) is 0. The number of methoxy groups -OCH3 is 1. The number of carbonyl (C=O) groups is 2. The van der Waals surface area contributed by atoms with Crippen molar-refractivity contribution in [2.24, 2.45) is 0 Å². The molecule has 2 rings (SSSR count). The highest BCUT2D eigenvalue weighted by Crippen LogP contribution is 2.29. The van der Waals surface area contributed by atoms with Gasteiger partial charge in [-0.05, 0) is 30.3 Å². The summed E-state index contributed by atoms with van der Waals surface area (Å²) in [5.41, 5.74) is 0.930. The second kappa shape index (κ2) is 7.23. The molecule has 24 heavy (non-hydrogen) atoms. The molecule has 0 saturated heterocycles. The predicted octanol–water partition coefficient (Wildman–Crippen LogP) is 2.81. The van der Waals surface area contributed by atoms with Gasteiger partial charge in [-0.3, -0.25) is 19.7 Å². The highest BCUT2D eigenvalue weighted by atomic mass is 16.6. The topological polar surface area (TPSA) is 111 Å². The van der Waals surface area contributed by atoms with Gasteiger partial charge in [0.15, 0.2) is 0 Å². The van der Waals surface area contributed by atoms with Crippen molar-refractivity contribution in [2.75, 3.05) is 17.7 Å². The lowest BCUT2D eigenvalue weighted by molar-refractivity contribution is -0.384. The minimum atomic E-state index is -0.558. The molecule has 0 aliphatic carbocycles. The summed E-state index contributed by atoms with van der Waals surface area (Å²) < 4.78 is 5.09. The van der Waals surface area contributed by atoms with Crippen LogP contribution in [0.15, 0.2) is 42.5 Å². The van der Waals surface area contributed by atoms with E-state index in [0.717, 1.165) is 0 Å². The molecule has 0 bridgehead atoms. The van der Waals surface area contributed by atoms with Crippen LogP contribution in [0.2, 0.25) is 0 Å². The SMILES string of the molecule is COc1ccc([N+](=O)[O-])cc1NC(=O)c1ccc(NC(C)=O)cc1. The normalized spacial score (nSPS) is 9.92. The Bertz CT molecular complexity index is 787. The van der Waals surface area contributed by atoms with Gasteiger partial charge < -0.3 is 15.4 Å². The van der Waals surface area contributed by atoms with Gasteiger partial charge in [0.2, 0.25) is 5.91 Å². The minimum absolute atomic E-state index is 0.160. The first-order chi connectivity index (χ1) is 11.4. The molecule has 0 fully saturated rings. The van der Waals surface area contributed by atoms with E-state index in [1.54, 1.807) is 12.1 Å². The molecule has 8 heteroatoms. The van der Waals surface area contributed by atoms with Crippen molar-refractivity contribution in [3.8, 4) is 5.75 Å². The van der Waals surface area contributed by atoms with E-state index >= 15 is 0 Å². The number of hydrogen-bond acceptors (Lipinski definition) is 5. The van der Waals surface area contributed by atoms with Crippen molar-refractivity contribution in [3.05, 3.63) is 58.1 Å². The Morgan fingerprint density at radius 2 is 1.75 bits per heavy atom. The second-order valence-corrected chi connectivity index (χ2v) is 4.85. The lowest BCUT2D eigenvalue weighted by Crippen LogP contribution is -2.13. The Balaban J connectivity index is 2.21. The van der Waals surface area contributed by atoms with Crippen LogP contribution in [0.3, 0.4) is 0 Å². The predicted molar refractivity (Wildman–Crippen MR) is 88.3 cm³/mol. The maximum atomic E-state index is 12.3. The molecule has 0 saturated carbocycles. The second-order valence-electron chi connectivity index (χ2n) is 4.85. The Hall–Kier alpha value is -3.42. The van der Waals surface area contributed by atoms with E-state index in [-0.39, 0.29) is 17.3 Å². The summed E-state index contributed by atoms with van der Waals surface area (Å²) in [5.74, 6) is -0.361. The van der Waals surface area contributed by atoms with E-state index in [1.165, 1.54) is 44.4 Å². The molecule has 0 radical (unpaired) electrons. The van der Waals surface area contributed by atoms with Gasteiger partial charge in [-0.2, -0.15) is 0 Å². The van der Waals surface area contributed by atoms with E-state index in [0.29, 0.717) is 17.0 Å². The molecule has 0 aliphatic rings. The third-order valence-corrected chi connectivity index (χ3v) is 3.11. The molecule has 8 nitrogen and oxygen atoms in total. The molecule has 2 aromatic carbocycles. The van der Waals surface area contributed by atoms with Crippen molar-refractivity contribution >= 4 is 28.9 Å². The fourth-order valence-electron chi connectivity index (χ4n) is 2.01. The third kappa shape index (κ3) is 4.07. The average Bonchev–Trinajstić information content (AvgIpc) is 2.54. The lowest BCUT2D eigenvalue weighted by atomic mass is 10.1. The van der Waals surface area contributed by atoms with E-state index < -0.39 is 10.8 Å². The van der Waals surface area contributed by atoms with Gasteiger partial charge >= 0.3 is 0 Å². The van der Waals surface area contributed by atoms with E-state index in [4.69, 9.17) is 4.74 Å². The smallest absolute Gasteiger partial charge is 0.271 e. The van der Waals surface area contributed by atoms with Crippen LogP contribution in [-0.4, -0.2) is 23.8 Å². The minimum Gasteiger partial charge on any atom is -0.495 e. The molecule has 124 valence electrons. The molecule has 0 spiro atoms. The monoisotopic (exact) mass is 329 g/mol. The number of hydrogen-bond donors (Lipinski definition) is 2. The first-order valence-electron chi connectivity index (χ1n) is 6.92. The number of anilines is 2. The van der Waals surface area contributed by atoms with Crippen LogP contribution in [0.4, 0.5) is 17.1 Å². The van der Waals surface area contributed by atoms with Crippen LogP contribution >= 0.6 is 0 Å². The van der Waals surface area contributed by atoms with Gasteiger partial charge in [-0.1, -0.05) is 0 Å². The number of carbonyl (C=O) groups excluding carboxylic acids is 2. The van der Waals surface area contributed by atoms with Gasteiger partial charge in [0.1, 0.15) is 5.75 Å². The number of nitro groups is 1. The van der Waals surface area contributed by atoms with Crippen LogP contribution in [0.5, 0.6) is 5.75 Å². The van der Waals surface area contributed by atoms with Gasteiger partial charge in [0.25, 0.3) is 11.6 Å². The summed E-state index contributed by atoms with van der Waals surface area (Å²) >= 11 is 0.